The molecule has 25 heavy (non-hydrogen) atoms. The van der Waals surface area contributed by atoms with Gasteiger partial charge in [-0.1, -0.05) is 12.2 Å². The van der Waals surface area contributed by atoms with Gasteiger partial charge in [0.05, 0.1) is 25.9 Å². The number of hydrogen-bond donors (Lipinski definition) is 1. The third-order valence-corrected chi connectivity index (χ3v) is 3.35. The number of allylic oxidation sites excluding steroid dienone is 2. The minimum Gasteiger partial charge on any atom is -0.467 e. The van der Waals surface area contributed by atoms with Crippen LogP contribution in [-0.4, -0.2) is 19.6 Å². The third-order valence-electron chi connectivity index (χ3n) is 3.35. The quantitative estimate of drug-likeness (QED) is 0.646. The number of rotatable bonds is 8. The summed E-state index contributed by atoms with van der Waals surface area (Å²) in [6.07, 6.45) is 4.17. The van der Waals surface area contributed by atoms with Crippen molar-refractivity contribution < 1.29 is 9.21 Å². The van der Waals surface area contributed by atoms with Crippen molar-refractivity contribution in [1.82, 2.24) is 19.0 Å². The molecule has 0 bridgehead atoms. The summed E-state index contributed by atoms with van der Waals surface area (Å²) in [5.74, 6) is -0.0362. The molecule has 0 atom stereocenters. The van der Waals surface area contributed by atoms with E-state index in [0.29, 0.717) is 10.3 Å². The average Bonchev–Trinajstić information content (AvgIpc) is 3.11. The molecule has 0 spiro atoms. The largest absolute Gasteiger partial charge is 0.467 e. The molecule has 0 aromatic carbocycles. The Morgan fingerprint density at radius 2 is 1.60 bits per heavy atom. The van der Waals surface area contributed by atoms with Gasteiger partial charge in [0.2, 0.25) is 5.91 Å². The zero-order chi connectivity index (χ0) is 18.4. The van der Waals surface area contributed by atoms with E-state index in [9.17, 15) is 19.2 Å². The predicted molar refractivity (Wildman–Crippen MR) is 90.2 cm³/mol. The van der Waals surface area contributed by atoms with E-state index in [1.807, 2.05) is 0 Å². The molecule has 2 aromatic heterocycles. The van der Waals surface area contributed by atoms with Crippen LogP contribution in [0.25, 0.3) is 0 Å². The molecule has 132 valence electrons. The molecule has 2 heterocycles. The van der Waals surface area contributed by atoms with E-state index in [2.05, 4.69) is 18.5 Å². The summed E-state index contributed by atoms with van der Waals surface area (Å²) in [5, 5.41) is 2.54. The normalized spacial score (nSPS) is 10.4. The molecule has 0 saturated heterocycles. The summed E-state index contributed by atoms with van der Waals surface area (Å²) in [7, 11) is 0. The Balaban J connectivity index is 2.35. The van der Waals surface area contributed by atoms with Gasteiger partial charge in [-0.3, -0.25) is 4.79 Å². The number of furan rings is 1. The van der Waals surface area contributed by atoms with Crippen LogP contribution in [0.15, 0.2) is 62.5 Å². The Hall–Kier alpha value is -3.36. The van der Waals surface area contributed by atoms with Crippen molar-refractivity contribution in [2.75, 3.05) is 0 Å². The monoisotopic (exact) mass is 346 g/mol. The Kier molecular flexibility index (Phi) is 5.72. The van der Waals surface area contributed by atoms with E-state index in [-0.39, 0.29) is 19.6 Å². The molecule has 9 nitrogen and oxygen atoms in total. The Morgan fingerprint density at radius 3 is 2.08 bits per heavy atom. The summed E-state index contributed by atoms with van der Waals surface area (Å²) in [6.45, 7) is 6.40. The highest BCUT2D eigenvalue weighted by atomic mass is 16.3. The van der Waals surface area contributed by atoms with E-state index in [4.69, 9.17) is 4.42 Å². The first-order chi connectivity index (χ1) is 12.0. The first-order valence-electron chi connectivity index (χ1n) is 7.45. The van der Waals surface area contributed by atoms with Crippen LogP contribution >= 0.6 is 0 Å². The van der Waals surface area contributed by atoms with Gasteiger partial charge in [0.25, 0.3) is 0 Å². The number of amides is 1. The molecular weight excluding hydrogens is 328 g/mol. The number of carbonyl (C=O) groups excluding carboxylic acids is 1. The van der Waals surface area contributed by atoms with Crippen LogP contribution in [0.5, 0.6) is 0 Å². The Bertz CT molecular complexity index is 898. The molecule has 2 aromatic rings. The van der Waals surface area contributed by atoms with Gasteiger partial charge in [0, 0.05) is 0 Å². The lowest BCUT2D eigenvalue weighted by molar-refractivity contribution is -0.122. The molecule has 9 heteroatoms. The van der Waals surface area contributed by atoms with Gasteiger partial charge < -0.3 is 9.73 Å². The van der Waals surface area contributed by atoms with E-state index >= 15 is 0 Å². The van der Waals surface area contributed by atoms with Gasteiger partial charge in [-0.05, 0) is 12.1 Å². The summed E-state index contributed by atoms with van der Waals surface area (Å²) >= 11 is 0. The van der Waals surface area contributed by atoms with E-state index in [1.165, 1.54) is 18.4 Å². The second-order valence-electron chi connectivity index (χ2n) is 5.09. The number of nitrogens with zero attached hydrogens (tertiary/aromatic N) is 3. The smallest absolute Gasteiger partial charge is 0.337 e. The van der Waals surface area contributed by atoms with E-state index in [1.54, 1.807) is 12.1 Å². The van der Waals surface area contributed by atoms with Crippen molar-refractivity contribution in [2.24, 2.45) is 0 Å². The van der Waals surface area contributed by atoms with Crippen LogP contribution < -0.4 is 22.4 Å². The fourth-order valence-corrected chi connectivity index (χ4v) is 2.19. The van der Waals surface area contributed by atoms with Gasteiger partial charge in [-0.2, -0.15) is 0 Å². The topological polar surface area (TPSA) is 108 Å². The maximum atomic E-state index is 12.4. The van der Waals surface area contributed by atoms with E-state index < -0.39 is 29.5 Å². The standard InChI is InChI=1S/C16H18N4O5/c1-3-7-18-14(22)19(8-4-2)16(24)20(15(18)23)11-13(21)17-10-12-6-5-9-25-12/h3-6,9H,1-2,7-8,10-11H2,(H,17,21). The summed E-state index contributed by atoms with van der Waals surface area (Å²) < 4.78 is 7.45. The van der Waals surface area contributed by atoms with Crippen LogP contribution in [0.1, 0.15) is 5.76 Å². The highest BCUT2D eigenvalue weighted by Gasteiger charge is 2.16. The van der Waals surface area contributed by atoms with Crippen molar-refractivity contribution >= 4 is 5.91 Å². The van der Waals surface area contributed by atoms with Gasteiger partial charge in [-0.25, -0.2) is 28.1 Å². The van der Waals surface area contributed by atoms with Crippen molar-refractivity contribution in [3.05, 3.63) is 80.9 Å². The minimum atomic E-state index is -0.872. The molecule has 0 fully saturated rings. The highest BCUT2D eigenvalue weighted by Crippen LogP contribution is 1.98. The molecule has 0 aliphatic rings. The Labute approximate surface area is 142 Å². The van der Waals surface area contributed by atoms with E-state index in [0.717, 1.165) is 9.13 Å². The van der Waals surface area contributed by atoms with Crippen molar-refractivity contribution in [3.63, 3.8) is 0 Å². The predicted octanol–water partition coefficient (Wildman–Crippen LogP) is -0.547. The second kappa shape index (κ2) is 7.95. The highest BCUT2D eigenvalue weighted by molar-refractivity contribution is 5.75. The number of nitrogens with one attached hydrogen (secondary N) is 1. The lowest BCUT2D eigenvalue weighted by atomic mass is 10.4. The van der Waals surface area contributed by atoms with Crippen molar-refractivity contribution in [1.29, 1.82) is 0 Å². The van der Waals surface area contributed by atoms with Crippen molar-refractivity contribution in [3.8, 4) is 0 Å². The zero-order valence-electron chi connectivity index (χ0n) is 13.5. The third kappa shape index (κ3) is 3.94. The summed E-state index contributed by atoms with van der Waals surface area (Å²) in [4.78, 5) is 49.0. The van der Waals surface area contributed by atoms with Crippen LogP contribution in [-0.2, 0) is 31.0 Å². The Morgan fingerprint density at radius 1 is 1.04 bits per heavy atom. The fraction of sp³-hybridized carbons (Fsp3) is 0.250. The molecule has 1 N–H and O–H groups in total. The van der Waals surface area contributed by atoms with Gasteiger partial charge >= 0.3 is 17.1 Å². The SMILES string of the molecule is C=CCn1c(=O)n(CC=C)c(=O)n(CC(=O)NCc2ccco2)c1=O. The molecule has 0 saturated carbocycles. The molecule has 0 aliphatic carbocycles. The zero-order valence-corrected chi connectivity index (χ0v) is 13.5. The maximum absolute atomic E-state index is 12.4. The van der Waals surface area contributed by atoms with Crippen LogP contribution in [0.3, 0.4) is 0 Å². The van der Waals surface area contributed by atoms with Gasteiger partial charge in [0.1, 0.15) is 12.3 Å². The average molecular weight is 346 g/mol. The molecule has 2 rings (SSSR count). The molecule has 0 unspecified atom stereocenters. The summed E-state index contributed by atoms with van der Waals surface area (Å²) in [5.41, 5.74) is -2.52. The first kappa shape index (κ1) is 18.0. The van der Waals surface area contributed by atoms with Crippen LogP contribution in [0.2, 0.25) is 0 Å². The van der Waals surface area contributed by atoms with Gasteiger partial charge in [-0.15, -0.1) is 13.2 Å². The van der Waals surface area contributed by atoms with Gasteiger partial charge in [0.15, 0.2) is 0 Å². The number of carbonyl (C=O) groups is 1. The fourth-order valence-electron chi connectivity index (χ4n) is 2.19. The lowest BCUT2D eigenvalue weighted by Crippen LogP contribution is -2.55. The second-order valence-corrected chi connectivity index (χ2v) is 5.09. The van der Waals surface area contributed by atoms with Crippen molar-refractivity contribution in [2.45, 2.75) is 26.2 Å². The van der Waals surface area contributed by atoms with Crippen LogP contribution in [0.4, 0.5) is 0 Å². The minimum absolute atomic E-state index is 0.0803. The summed E-state index contributed by atoms with van der Waals surface area (Å²) in [6, 6.07) is 3.35. The maximum Gasteiger partial charge on any atom is 0.337 e. The number of aromatic nitrogens is 3. The molecule has 0 radical (unpaired) electrons. The molecule has 1 amide bonds. The number of hydrogen-bond acceptors (Lipinski definition) is 5. The van der Waals surface area contributed by atoms with Crippen LogP contribution in [0, 0.1) is 0 Å². The molecule has 0 aliphatic heterocycles. The lowest BCUT2D eigenvalue weighted by Gasteiger charge is -2.12. The molecular formula is C16H18N4O5. The first-order valence-corrected chi connectivity index (χ1v) is 7.45.